The molecular weight excluding hydrogens is 260 g/mol. The van der Waals surface area contributed by atoms with Crippen LogP contribution in [0.2, 0.25) is 0 Å². The zero-order valence-electron chi connectivity index (χ0n) is 8.57. The summed E-state index contributed by atoms with van der Waals surface area (Å²) >= 11 is 3.16. The van der Waals surface area contributed by atoms with Crippen LogP contribution in [0.5, 0.6) is 0 Å². The molecule has 0 aromatic carbocycles. The van der Waals surface area contributed by atoms with Crippen LogP contribution >= 0.6 is 15.9 Å². The van der Waals surface area contributed by atoms with Gasteiger partial charge in [0.2, 0.25) is 0 Å². The number of nitrogens with zero attached hydrogens (tertiary/aromatic N) is 2. The lowest BCUT2D eigenvalue weighted by atomic mass is 10.5. The first kappa shape index (κ1) is 10.8. The summed E-state index contributed by atoms with van der Waals surface area (Å²) in [6, 6.07) is 0. The van der Waals surface area contributed by atoms with E-state index >= 15 is 0 Å². The van der Waals surface area contributed by atoms with Crippen LogP contribution in [0.25, 0.3) is 0 Å². The van der Waals surface area contributed by atoms with Crippen molar-refractivity contribution in [3.05, 3.63) is 26.8 Å². The molecule has 0 saturated heterocycles. The molecule has 1 aromatic rings. The van der Waals surface area contributed by atoms with E-state index in [4.69, 9.17) is 4.74 Å². The first-order chi connectivity index (χ1) is 7.18. The molecule has 82 valence electrons. The zero-order valence-corrected chi connectivity index (χ0v) is 10.2. The molecule has 2 rings (SSSR count). The molecule has 1 aromatic heterocycles. The van der Waals surface area contributed by atoms with Crippen LogP contribution in [-0.2, 0) is 11.5 Å². The summed E-state index contributed by atoms with van der Waals surface area (Å²) in [5.74, 6) is 1.39. The van der Waals surface area contributed by atoms with Crippen molar-refractivity contribution < 1.29 is 4.74 Å². The lowest BCUT2D eigenvalue weighted by Crippen LogP contribution is -2.25. The van der Waals surface area contributed by atoms with Crippen LogP contribution in [0, 0.1) is 12.8 Å². The molecule has 1 fully saturated rings. The van der Waals surface area contributed by atoms with Gasteiger partial charge in [-0.25, -0.2) is 4.98 Å². The largest absolute Gasteiger partial charge is 0.360 e. The Morgan fingerprint density at radius 2 is 2.40 bits per heavy atom. The first-order valence-corrected chi connectivity index (χ1v) is 5.77. The summed E-state index contributed by atoms with van der Waals surface area (Å²) < 4.78 is 7.47. The van der Waals surface area contributed by atoms with Crippen molar-refractivity contribution in [3.8, 4) is 0 Å². The van der Waals surface area contributed by atoms with Crippen LogP contribution in [0.4, 0.5) is 0 Å². The lowest BCUT2D eigenvalue weighted by molar-refractivity contribution is 0.0645. The van der Waals surface area contributed by atoms with Gasteiger partial charge in [-0.15, -0.1) is 0 Å². The van der Waals surface area contributed by atoms with Gasteiger partial charge >= 0.3 is 0 Å². The molecule has 1 heterocycles. The second kappa shape index (κ2) is 4.45. The van der Waals surface area contributed by atoms with Gasteiger partial charge < -0.3 is 4.74 Å². The summed E-state index contributed by atoms with van der Waals surface area (Å²) in [6.07, 6.45) is 4.03. The topological polar surface area (TPSA) is 44.1 Å². The van der Waals surface area contributed by atoms with E-state index in [1.807, 2.05) is 0 Å². The van der Waals surface area contributed by atoms with E-state index in [1.165, 1.54) is 23.6 Å². The monoisotopic (exact) mass is 272 g/mol. The molecule has 0 bridgehead atoms. The molecule has 1 aliphatic rings. The minimum absolute atomic E-state index is 0.0849. The lowest BCUT2D eigenvalue weighted by Gasteiger charge is -2.09. The van der Waals surface area contributed by atoms with E-state index in [0.29, 0.717) is 22.9 Å². The van der Waals surface area contributed by atoms with Gasteiger partial charge in [0.25, 0.3) is 5.56 Å². The van der Waals surface area contributed by atoms with Gasteiger partial charge in [0.15, 0.2) is 0 Å². The van der Waals surface area contributed by atoms with Gasteiger partial charge in [-0.2, -0.15) is 0 Å². The second-order valence-electron chi connectivity index (χ2n) is 3.83. The summed E-state index contributed by atoms with van der Waals surface area (Å²) in [7, 11) is 0. The van der Waals surface area contributed by atoms with Gasteiger partial charge in [-0.3, -0.25) is 9.36 Å². The molecule has 0 N–H and O–H groups in total. The second-order valence-corrected chi connectivity index (χ2v) is 4.68. The Kier molecular flexibility index (Phi) is 3.21. The van der Waals surface area contributed by atoms with Crippen molar-refractivity contribution >= 4 is 15.9 Å². The molecule has 0 atom stereocenters. The maximum absolute atomic E-state index is 11.7. The average Bonchev–Trinajstić information content (AvgIpc) is 3.01. The Labute approximate surface area is 96.4 Å². The molecule has 0 spiro atoms. The van der Waals surface area contributed by atoms with Gasteiger partial charge in [-0.05, 0) is 41.6 Å². The molecule has 1 saturated carbocycles. The maximum Gasteiger partial charge on any atom is 0.269 e. The summed E-state index contributed by atoms with van der Waals surface area (Å²) in [5, 5.41) is 0. The fraction of sp³-hybridized carbons (Fsp3) is 0.600. The van der Waals surface area contributed by atoms with E-state index in [0.717, 1.165) is 6.61 Å². The van der Waals surface area contributed by atoms with Crippen molar-refractivity contribution in [2.24, 2.45) is 5.92 Å². The minimum atomic E-state index is -0.0849. The number of halogens is 1. The molecule has 0 aliphatic heterocycles. The third kappa shape index (κ3) is 2.66. The molecule has 0 radical (unpaired) electrons. The summed E-state index contributed by atoms with van der Waals surface area (Å²) in [4.78, 5) is 15.8. The smallest absolute Gasteiger partial charge is 0.269 e. The maximum atomic E-state index is 11.7. The standard InChI is InChI=1S/C10H13BrN2O2/c1-7-12-4-9(11)10(14)13(7)6-15-5-8-2-3-8/h4,8H,2-3,5-6H2,1H3. The summed E-state index contributed by atoms with van der Waals surface area (Å²) in [5.41, 5.74) is -0.0849. The predicted octanol–water partition coefficient (Wildman–Crippen LogP) is 1.70. The summed E-state index contributed by atoms with van der Waals surface area (Å²) in [6.45, 7) is 2.85. The van der Waals surface area contributed by atoms with Gasteiger partial charge in [-0.1, -0.05) is 0 Å². The van der Waals surface area contributed by atoms with Crippen molar-refractivity contribution in [3.63, 3.8) is 0 Å². The number of aryl methyl sites for hydroxylation is 1. The normalized spacial score (nSPS) is 15.6. The Balaban J connectivity index is 2.04. The van der Waals surface area contributed by atoms with Gasteiger partial charge in [0, 0.05) is 6.20 Å². The number of rotatable bonds is 4. The third-order valence-electron chi connectivity index (χ3n) is 2.48. The quantitative estimate of drug-likeness (QED) is 0.838. The van der Waals surface area contributed by atoms with E-state index in [2.05, 4.69) is 20.9 Å². The number of aromatic nitrogens is 2. The van der Waals surface area contributed by atoms with Crippen molar-refractivity contribution in [2.45, 2.75) is 26.5 Å². The van der Waals surface area contributed by atoms with E-state index in [1.54, 1.807) is 6.92 Å². The highest BCUT2D eigenvalue weighted by atomic mass is 79.9. The molecular formula is C10H13BrN2O2. The molecule has 4 nitrogen and oxygen atoms in total. The number of ether oxygens (including phenoxy) is 1. The van der Waals surface area contributed by atoms with Crippen LogP contribution in [-0.4, -0.2) is 16.2 Å². The van der Waals surface area contributed by atoms with Crippen molar-refractivity contribution in [1.82, 2.24) is 9.55 Å². The van der Waals surface area contributed by atoms with Crippen molar-refractivity contribution in [1.29, 1.82) is 0 Å². The highest BCUT2D eigenvalue weighted by Crippen LogP contribution is 2.28. The highest BCUT2D eigenvalue weighted by Gasteiger charge is 2.21. The van der Waals surface area contributed by atoms with Gasteiger partial charge in [0.05, 0.1) is 6.61 Å². The van der Waals surface area contributed by atoms with Crippen molar-refractivity contribution in [2.75, 3.05) is 6.61 Å². The fourth-order valence-electron chi connectivity index (χ4n) is 1.30. The predicted molar refractivity (Wildman–Crippen MR) is 59.6 cm³/mol. The van der Waals surface area contributed by atoms with E-state index in [9.17, 15) is 4.79 Å². The Morgan fingerprint density at radius 1 is 1.67 bits per heavy atom. The fourth-order valence-corrected chi connectivity index (χ4v) is 1.61. The van der Waals surface area contributed by atoms with E-state index < -0.39 is 0 Å². The average molecular weight is 273 g/mol. The minimum Gasteiger partial charge on any atom is -0.360 e. The van der Waals surface area contributed by atoms with Crippen LogP contribution in [0.3, 0.4) is 0 Å². The Bertz CT molecular complexity index is 412. The molecule has 15 heavy (non-hydrogen) atoms. The van der Waals surface area contributed by atoms with Crippen LogP contribution in [0.1, 0.15) is 18.7 Å². The van der Waals surface area contributed by atoms with Crippen LogP contribution in [0.15, 0.2) is 15.5 Å². The first-order valence-electron chi connectivity index (χ1n) is 4.98. The number of hydrogen-bond donors (Lipinski definition) is 0. The Morgan fingerprint density at radius 3 is 3.07 bits per heavy atom. The van der Waals surface area contributed by atoms with Gasteiger partial charge in [0.1, 0.15) is 17.0 Å². The van der Waals surface area contributed by atoms with E-state index in [-0.39, 0.29) is 5.56 Å². The molecule has 5 heteroatoms. The Hall–Kier alpha value is -0.680. The zero-order chi connectivity index (χ0) is 10.8. The number of hydrogen-bond acceptors (Lipinski definition) is 3. The molecule has 0 unspecified atom stereocenters. The van der Waals surface area contributed by atoms with Crippen LogP contribution < -0.4 is 5.56 Å². The molecule has 1 aliphatic carbocycles. The highest BCUT2D eigenvalue weighted by molar-refractivity contribution is 9.10. The molecule has 0 amide bonds. The third-order valence-corrected chi connectivity index (χ3v) is 3.02. The SMILES string of the molecule is Cc1ncc(Br)c(=O)n1COCC1CC1.